The van der Waals surface area contributed by atoms with E-state index in [0.29, 0.717) is 25.2 Å². The summed E-state index contributed by atoms with van der Waals surface area (Å²) < 4.78 is 11.4. The molecular weight excluding hydrogens is 552 g/mol. The molecule has 2 heterocycles. The second kappa shape index (κ2) is 16.0. The topological polar surface area (TPSA) is 147 Å². The minimum absolute atomic E-state index is 0.102. The number of pyridine rings is 1. The van der Waals surface area contributed by atoms with Gasteiger partial charge in [-0.2, -0.15) is 0 Å². The number of ketones is 1. The number of aryl methyl sites for hydroxylation is 1. The van der Waals surface area contributed by atoms with Crippen LogP contribution in [0.5, 0.6) is 0 Å². The number of aromatic nitrogens is 1. The smallest absolute Gasteiger partial charge is 0.410 e. The quantitative estimate of drug-likeness (QED) is 0.243. The lowest BCUT2D eigenvalue weighted by atomic mass is 10.1. The molecule has 0 spiro atoms. The Morgan fingerprint density at radius 3 is 2.33 bits per heavy atom. The number of anilines is 1. The molecule has 1 saturated heterocycles. The number of Topliss-reactive ketones (excluding diaryl/α,β-unsaturated/α-hetero) is 1. The van der Waals surface area contributed by atoms with E-state index in [0.717, 1.165) is 11.1 Å². The Hall–Kier alpha value is -4.77. The fourth-order valence-corrected chi connectivity index (χ4v) is 4.77. The summed E-state index contributed by atoms with van der Waals surface area (Å²) in [5, 5.41) is 15.2. The molecule has 3 aromatic rings. The van der Waals surface area contributed by atoms with Crippen LogP contribution >= 0.6 is 0 Å². The zero-order chi connectivity index (χ0) is 30.4. The Labute approximate surface area is 250 Å². The molecule has 1 aliphatic heterocycles. The molecule has 1 fully saturated rings. The number of amides is 2. The van der Waals surface area contributed by atoms with Crippen molar-refractivity contribution in [1.29, 1.82) is 0 Å². The molecule has 2 amide bonds. The van der Waals surface area contributed by atoms with Gasteiger partial charge in [-0.3, -0.25) is 9.59 Å². The molecule has 43 heavy (non-hydrogen) atoms. The lowest BCUT2D eigenvalue weighted by molar-refractivity contribution is -0.144. The van der Waals surface area contributed by atoms with Gasteiger partial charge in [-0.15, -0.1) is 0 Å². The van der Waals surface area contributed by atoms with E-state index < -0.39 is 42.3 Å². The third kappa shape index (κ3) is 10.2. The summed E-state index contributed by atoms with van der Waals surface area (Å²) in [5.74, 6) is -1.56. The van der Waals surface area contributed by atoms with E-state index in [9.17, 15) is 24.3 Å². The van der Waals surface area contributed by atoms with Gasteiger partial charge in [0.2, 0.25) is 5.91 Å². The van der Waals surface area contributed by atoms with Crippen LogP contribution in [-0.4, -0.2) is 76.6 Å². The minimum Gasteiger partial charge on any atom is -0.480 e. The highest BCUT2D eigenvalue weighted by Gasteiger charge is 2.37. The maximum Gasteiger partial charge on any atom is 0.410 e. The number of hydrogen-bond acceptors (Lipinski definition) is 8. The molecule has 3 N–H and O–H groups in total. The average Bonchev–Trinajstić information content (AvgIpc) is 3.45. The van der Waals surface area contributed by atoms with Crippen molar-refractivity contribution in [3.63, 3.8) is 0 Å². The fourth-order valence-electron chi connectivity index (χ4n) is 4.77. The number of hydrogen-bond donors (Lipinski definition) is 3. The summed E-state index contributed by atoms with van der Waals surface area (Å²) >= 11 is 0. The van der Waals surface area contributed by atoms with Gasteiger partial charge in [0.15, 0.2) is 5.78 Å². The van der Waals surface area contributed by atoms with Crippen LogP contribution in [-0.2, 0) is 36.9 Å². The molecule has 11 heteroatoms. The van der Waals surface area contributed by atoms with Crippen LogP contribution in [0.1, 0.15) is 30.4 Å². The number of nitrogens with one attached hydrogen (secondary N) is 2. The van der Waals surface area contributed by atoms with Crippen LogP contribution in [0.3, 0.4) is 0 Å². The predicted octanol–water partition coefficient (Wildman–Crippen LogP) is 3.45. The number of carbonyl (C=O) groups excluding carboxylic acids is 3. The number of carbonyl (C=O) groups is 4. The van der Waals surface area contributed by atoms with E-state index >= 15 is 0 Å². The Bertz CT molecular complexity index is 1340. The minimum atomic E-state index is -1.36. The summed E-state index contributed by atoms with van der Waals surface area (Å²) in [6.07, 6.45) is 1.28. The van der Waals surface area contributed by atoms with Gasteiger partial charge in [-0.05, 0) is 36.1 Å². The van der Waals surface area contributed by atoms with Crippen LogP contribution in [0.15, 0.2) is 85.1 Å². The first-order chi connectivity index (χ1) is 20.9. The summed E-state index contributed by atoms with van der Waals surface area (Å²) in [4.78, 5) is 55.6. The molecule has 226 valence electrons. The summed E-state index contributed by atoms with van der Waals surface area (Å²) in [5.41, 5.74) is 1.81. The Morgan fingerprint density at radius 1 is 0.953 bits per heavy atom. The van der Waals surface area contributed by atoms with Crippen molar-refractivity contribution in [2.45, 2.75) is 50.5 Å². The summed E-state index contributed by atoms with van der Waals surface area (Å²) in [7, 11) is 0. The molecule has 1 aromatic heterocycles. The molecule has 3 unspecified atom stereocenters. The number of ether oxygens (including phenoxy) is 2. The highest BCUT2D eigenvalue weighted by molar-refractivity contribution is 5.90. The van der Waals surface area contributed by atoms with Crippen LogP contribution in [0.4, 0.5) is 10.6 Å². The molecule has 0 radical (unpaired) electrons. The van der Waals surface area contributed by atoms with Crippen LogP contribution in [0, 0.1) is 0 Å². The number of benzene rings is 2. The van der Waals surface area contributed by atoms with E-state index in [-0.39, 0.29) is 32.2 Å². The zero-order valence-electron chi connectivity index (χ0n) is 23.8. The largest absolute Gasteiger partial charge is 0.480 e. The molecule has 2 aromatic carbocycles. The van der Waals surface area contributed by atoms with E-state index in [1.807, 2.05) is 72.8 Å². The second-order valence-corrected chi connectivity index (χ2v) is 10.3. The van der Waals surface area contributed by atoms with Crippen LogP contribution in [0.2, 0.25) is 0 Å². The van der Waals surface area contributed by atoms with E-state index in [1.54, 1.807) is 17.2 Å². The summed E-state index contributed by atoms with van der Waals surface area (Å²) in [6, 6.07) is 22.5. The molecule has 11 nitrogen and oxygen atoms in total. The Balaban J connectivity index is 1.28. The number of carboxylic acid groups (broad SMARTS) is 1. The zero-order valence-corrected chi connectivity index (χ0v) is 23.8. The Morgan fingerprint density at radius 2 is 1.65 bits per heavy atom. The molecule has 0 saturated carbocycles. The highest BCUT2D eigenvalue weighted by Crippen LogP contribution is 2.23. The number of nitrogens with zero attached hydrogens (tertiary/aromatic N) is 2. The van der Waals surface area contributed by atoms with Gasteiger partial charge in [0.05, 0.1) is 18.7 Å². The van der Waals surface area contributed by atoms with Gasteiger partial charge in [-0.25, -0.2) is 14.6 Å². The van der Waals surface area contributed by atoms with Crippen molar-refractivity contribution in [2.24, 2.45) is 0 Å². The number of aliphatic carboxylic acids is 1. The molecular formula is C32H36N4O7. The number of likely N-dealkylation sites (tertiary alicyclic amines) is 1. The number of rotatable bonds is 15. The van der Waals surface area contributed by atoms with Gasteiger partial charge in [0.1, 0.15) is 25.1 Å². The molecule has 0 bridgehead atoms. The average molecular weight is 589 g/mol. The SMILES string of the molecule is O=C(COC1CC(CNc2ccccn2)N(C(=O)OCc2ccccc2)C1)CC(NC(=O)CCc1ccccc1)C(=O)O. The second-order valence-electron chi connectivity index (χ2n) is 10.3. The maximum atomic E-state index is 13.0. The van der Waals surface area contributed by atoms with E-state index in [2.05, 4.69) is 15.6 Å². The third-order valence-electron chi connectivity index (χ3n) is 7.03. The van der Waals surface area contributed by atoms with Gasteiger partial charge < -0.3 is 30.1 Å². The van der Waals surface area contributed by atoms with Crippen molar-refractivity contribution in [2.75, 3.05) is 25.0 Å². The van der Waals surface area contributed by atoms with E-state index in [4.69, 9.17) is 9.47 Å². The maximum absolute atomic E-state index is 13.0. The van der Waals surface area contributed by atoms with Crippen LogP contribution < -0.4 is 10.6 Å². The highest BCUT2D eigenvalue weighted by atomic mass is 16.6. The molecule has 1 aliphatic rings. The molecule has 3 atom stereocenters. The van der Waals surface area contributed by atoms with Crippen molar-refractivity contribution in [1.82, 2.24) is 15.2 Å². The first-order valence-corrected chi connectivity index (χ1v) is 14.2. The monoisotopic (exact) mass is 588 g/mol. The van der Waals surface area contributed by atoms with Crippen molar-refractivity contribution in [3.05, 3.63) is 96.2 Å². The first kappa shape index (κ1) is 31.2. The third-order valence-corrected chi connectivity index (χ3v) is 7.03. The normalized spacial score (nSPS) is 16.7. The van der Waals surface area contributed by atoms with Crippen molar-refractivity contribution >= 4 is 29.6 Å². The molecule has 4 rings (SSSR count). The van der Waals surface area contributed by atoms with Gasteiger partial charge in [0.25, 0.3) is 0 Å². The van der Waals surface area contributed by atoms with Gasteiger partial charge >= 0.3 is 12.1 Å². The van der Waals surface area contributed by atoms with Crippen molar-refractivity contribution < 1.29 is 33.8 Å². The summed E-state index contributed by atoms with van der Waals surface area (Å²) in [6.45, 7) is 0.366. The van der Waals surface area contributed by atoms with E-state index in [1.165, 1.54) is 0 Å². The Kier molecular flexibility index (Phi) is 11.6. The predicted molar refractivity (Wildman–Crippen MR) is 158 cm³/mol. The molecule has 0 aliphatic carbocycles. The van der Waals surface area contributed by atoms with Crippen LogP contribution in [0.25, 0.3) is 0 Å². The van der Waals surface area contributed by atoms with Gasteiger partial charge in [-0.1, -0.05) is 66.7 Å². The first-order valence-electron chi connectivity index (χ1n) is 14.2. The standard InChI is InChI=1S/C32H36N4O7/c37-26(18-28(31(39)40)35-30(38)15-14-23-9-3-1-4-10-23)22-42-27-17-25(19-34-29-13-7-8-16-33-29)36(20-27)32(41)43-21-24-11-5-2-6-12-24/h1-13,16,25,27-28H,14-15,17-22H2,(H,33,34)(H,35,38)(H,39,40). The lowest BCUT2D eigenvalue weighted by Crippen LogP contribution is -2.43. The van der Waals surface area contributed by atoms with Gasteiger partial charge in [0, 0.05) is 25.6 Å². The number of carboxylic acids is 1. The van der Waals surface area contributed by atoms with Crippen molar-refractivity contribution in [3.8, 4) is 0 Å². The fraction of sp³-hybridized carbons (Fsp3) is 0.344. The lowest BCUT2D eigenvalue weighted by Gasteiger charge is -2.24.